The Bertz CT molecular complexity index is 149. The molecule has 0 aliphatic heterocycles. The average Bonchev–Trinajstić information content (AvgIpc) is 1.96. The molecule has 0 saturated carbocycles. The van der Waals surface area contributed by atoms with Crippen LogP contribution in [0.15, 0.2) is 11.8 Å². The molecular weight excluding hydrogens is 169 g/mol. The second-order valence-electron chi connectivity index (χ2n) is 2.30. The van der Waals surface area contributed by atoms with Gasteiger partial charge in [0.15, 0.2) is 0 Å². The highest BCUT2D eigenvalue weighted by molar-refractivity contribution is 4.90. The fraction of sp³-hybridized carbons (Fsp3) is 0.750. The number of hydrogen-bond donors (Lipinski definition) is 0. The molecule has 12 heavy (non-hydrogen) atoms. The van der Waals surface area contributed by atoms with Gasteiger partial charge in [-0.1, -0.05) is 0 Å². The standard InChI is InChI=1S/C8H13F3O/c1-3-7(12-4-2)5-6-8(9,10)11/h3H,4-6H2,1-2H3. The van der Waals surface area contributed by atoms with Gasteiger partial charge in [-0.3, -0.25) is 0 Å². The first-order valence-electron chi connectivity index (χ1n) is 3.84. The van der Waals surface area contributed by atoms with Gasteiger partial charge in [0.05, 0.1) is 18.8 Å². The van der Waals surface area contributed by atoms with Crippen LogP contribution >= 0.6 is 0 Å². The molecule has 1 nitrogen and oxygen atoms in total. The molecule has 0 saturated heterocycles. The second-order valence-corrected chi connectivity index (χ2v) is 2.30. The first-order valence-corrected chi connectivity index (χ1v) is 3.84. The average molecular weight is 182 g/mol. The molecular formula is C8H13F3O. The third-order valence-electron chi connectivity index (χ3n) is 1.31. The maximum Gasteiger partial charge on any atom is 0.389 e. The van der Waals surface area contributed by atoms with Crippen molar-refractivity contribution in [2.75, 3.05) is 6.61 Å². The van der Waals surface area contributed by atoms with Gasteiger partial charge in [-0.15, -0.1) is 0 Å². The minimum Gasteiger partial charge on any atom is -0.499 e. The molecule has 0 N–H and O–H groups in total. The largest absolute Gasteiger partial charge is 0.499 e. The van der Waals surface area contributed by atoms with E-state index in [4.69, 9.17) is 4.74 Å². The lowest BCUT2D eigenvalue weighted by atomic mass is 10.2. The van der Waals surface area contributed by atoms with Crippen molar-refractivity contribution in [3.63, 3.8) is 0 Å². The fourth-order valence-electron chi connectivity index (χ4n) is 0.750. The molecule has 72 valence electrons. The van der Waals surface area contributed by atoms with E-state index < -0.39 is 12.6 Å². The van der Waals surface area contributed by atoms with Gasteiger partial charge < -0.3 is 4.74 Å². The van der Waals surface area contributed by atoms with E-state index >= 15 is 0 Å². The van der Waals surface area contributed by atoms with E-state index in [2.05, 4.69) is 0 Å². The van der Waals surface area contributed by atoms with Crippen LogP contribution in [0.5, 0.6) is 0 Å². The Morgan fingerprint density at radius 3 is 2.33 bits per heavy atom. The minimum atomic E-state index is -4.09. The SMILES string of the molecule is CC=C(CCC(F)(F)F)OCC. The van der Waals surface area contributed by atoms with Crippen LogP contribution in [-0.2, 0) is 4.74 Å². The summed E-state index contributed by atoms with van der Waals surface area (Å²) in [7, 11) is 0. The third kappa shape index (κ3) is 6.07. The van der Waals surface area contributed by atoms with E-state index in [1.807, 2.05) is 0 Å². The number of halogens is 3. The first kappa shape index (κ1) is 11.3. The smallest absolute Gasteiger partial charge is 0.389 e. The number of rotatable bonds is 4. The van der Waals surface area contributed by atoms with Crippen LogP contribution in [-0.4, -0.2) is 12.8 Å². The van der Waals surface area contributed by atoms with Crippen molar-refractivity contribution in [3.05, 3.63) is 11.8 Å². The van der Waals surface area contributed by atoms with Crippen molar-refractivity contribution in [2.24, 2.45) is 0 Å². The number of ether oxygens (including phenoxy) is 1. The summed E-state index contributed by atoms with van der Waals surface area (Å²) in [6, 6.07) is 0. The van der Waals surface area contributed by atoms with Gasteiger partial charge in [0.25, 0.3) is 0 Å². The van der Waals surface area contributed by atoms with Crippen LogP contribution in [0.4, 0.5) is 13.2 Å². The quantitative estimate of drug-likeness (QED) is 0.606. The molecule has 0 fully saturated rings. The van der Waals surface area contributed by atoms with Crippen LogP contribution in [0.25, 0.3) is 0 Å². The minimum absolute atomic E-state index is 0.0617. The Hall–Kier alpha value is -0.670. The maximum atomic E-state index is 11.7. The van der Waals surface area contributed by atoms with E-state index in [1.54, 1.807) is 19.9 Å². The van der Waals surface area contributed by atoms with Crippen LogP contribution in [0.2, 0.25) is 0 Å². The summed E-state index contributed by atoms with van der Waals surface area (Å²) in [5.74, 6) is 0.412. The van der Waals surface area contributed by atoms with E-state index in [0.29, 0.717) is 12.4 Å². The summed E-state index contributed by atoms with van der Waals surface area (Å²) >= 11 is 0. The third-order valence-corrected chi connectivity index (χ3v) is 1.31. The molecule has 0 aliphatic rings. The van der Waals surface area contributed by atoms with Gasteiger partial charge in [0.1, 0.15) is 0 Å². The summed E-state index contributed by atoms with van der Waals surface area (Å²) in [5, 5.41) is 0. The molecule has 0 heterocycles. The van der Waals surface area contributed by atoms with Gasteiger partial charge in [0.2, 0.25) is 0 Å². The molecule has 0 spiro atoms. The zero-order valence-electron chi connectivity index (χ0n) is 7.24. The molecule has 0 aromatic rings. The summed E-state index contributed by atoms with van der Waals surface area (Å²) in [5.41, 5.74) is 0. The Kier molecular flexibility index (Phi) is 4.78. The predicted octanol–water partition coefficient (Wildman–Crippen LogP) is 3.27. The predicted molar refractivity (Wildman–Crippen MR) is 40.7 cm³/mol. The topological polar surface area (TPSA) is 9.23 Å². The maximum absolute atomic E-state index is 11.7. The van der Waals surface area contributed by atoms with Crippen molar-refractivity contribution in [1.29, 1.82) is 0 Å². The van der Waals surface area contributed by atoms with E-state index in [0.717, 1.165) is 0 Å². The monoisotopic (exact) mass is 182 g/mol. The molecule has 0 radical (unpaired) electrons. The molecule has 0 rings (SSSR count). The first-order chi connectivity index (χ1) is 5.49. The number of allylic oxidation sites excluding steroid dienone is 2. The lowest BCUT2D eigenvalue weighted by molar-refractivity contribution is -0.135. The van der Waals surface area contributed by atoms with Gasteiger partial charge in [-0.25, -0.2) is 0 Å². The molecule has 0 aliphatic carbocycles. The lowest BCUT2D eigenvalue weighted by Crippen LogP contribution is -2.08. The lowest BCUT2D eigenvalue weighted by Gasteiger charge is -2.09. The van der Waals surface area contributed by atoms with Crippen LogP contribution in [0.3, 0.4) is 0 Å². The van der Waals surface area contributed by atoms with Crippen molar-refractivity contribution >= 4 is 0 Å². The van der Waals surface area contributed by atoms with Crippen molar-refractivity contribution in [2.45, 2.75) is 32.9 Å². The number of hydrogen-bond acceptors (Lipinski definition) is 1. The highest BCUT2D eigenvalue weighted by Gasteiger charge is 2.26. The Balaban J connectivity index is 3.74. The molecule has 0 aromatic heterocycles. The Morgan fingerprint density at radius 2 is 2.00 bits per heavy atom. The van der Waals surface area contributed by atoms with Crippen molar-refractivity contribution in [3.8, 4) is 0 Å². The molecule has 4 heteroatoms. The van der Waals surface area contributed by atoms with Crippen molar-refractivity contribution in [1.82, 2.24) is 0 Å². The van der Waals surface area contributed by atoms with Gasteiger partial charge in [-0.2, -0.15) is 13.2 Å². The van der Waals surface area contributed by atoms with Gasteiger partial charge in [0, 0.05) is 6.42 Å². The molecule has 0 aromatic carbocycles. The molecule has 0 unspecified atom stereocenters. The van der Waals surface area contributed by atoms with Crippen LogP contribution < -0.4 is 0 Å². The molecule has 0 bridgehead atoms. The highest BCUT2D eigenvalue weighted by Crippen LogP contribution is 2.24. The summed E-state index contributed by atoms with van der Waals surface area (Å²) in [4.78, 5) is 0. The van der Waals surface area contributed by atoms with Crippen LogP contribution in [0.1, 0.15) is 26.7 Å². The zero-order valence-corrected chi connectivity index (χ0v) is 7.24. The van der Waals surface area contributed by atoms with Gasteiger partial charge in [-0.05, 0) is 19.9 Å². The second kappa shape index (κ2) is 5.06. The van der Waals surface area contributed by atoms with E-state index in [1.165, 1.54) is 0 Å². The zero-order chi connectivity index (χ0) is 9.61. The van der Waals surface area contributed by atoms with E-state index in [9.17, 15) is 13.2 Å². The fourth-order valence-corrected chi connectivity index (χ4v) is 0.750. The summed E-state index contributed by atoms with van der Waals surface area (Å²) in [6.45, 7) is 3.83. The van der Waals surface area contributed by atoms with E-state index in [-0.39, 0.29) is 6.42 Å². The summed E-state index contributed by atoms with van der Waals surface area (Å²) in [6.07, 6.45) is -3.40. The number of alkyl halides is 3. The van der Waals surface area contributed by atoms with Crippen molar-refractivity contribution < 1.29 is 17.9 Å². The normalized spacial score (nSPS) is 13.2. The molecule has 0 atom stereocenters. The Labute approximate surface area is 70.2 Å². The van der Waals surface area contributed by atoms with Crippen LogP contribution in [0, 0.1) is 0 Å². The Morgan fingerprint density at radius 1 is 1.42 bits per heavy atom. The summed E-state index contributed by atoms with van der Waals surface area (Å²) < 4.78 is 40.1. The van der Waals surface area contributed by atoms with Gasteiger partial charge >= 0.3 is 6.18 Å². The molecule has 0 amide bonds. The highest BCUT2D eigenvalue weighted by atomic mass is 19.4.